The Labute approximate surface area is 97.8 Å². The van der Waals surface area contributed by atoms with Crippen molar-refractivity contribution in [3.05, 3.63) is 29.6 Å². The van der Waals surface area contributed by atoms with Gasteiger partial charge in [0.25, 0.3) is 0 Å². The van der Waals surface area contributed by atoms with E-state index in [4.69, 9.17) is 5.26 Å². The van der Waals surface area contributed by atoms with Crippen LogP contribution in [0.2, 0.25) is 0 Å². The molecule has 1 aromatic rings. The van der Waals surface area contributed by atoms with Gasteiger partial charge in [0.1, 0.15) is 11.6 Å². The summed E-state index contributed by atoms with van der Waals surface area (Å²) in [5.41, 5.74) is -0.0405. The fourth-order valence-corrected chi connectivity index (χ4v) is 1.66. The van der Waals surface area contributed by atoms with Gasteiger partial charge in [-0.25, -0.2) is 12.8 Å². The summed E-state index contributed by atoms with van der Waals surface area (Å²) in [6.07, 6.45) is 0.904. The highest BCUT2D eigenvalue weighted by molar-refractivity contribution is 7.91. The first-order valence-electron chi connectivity index (χ1n) is 4.49. The van der Waals surface area contributed by atoms with Gasteiger partial charge in [-0.3, -0.25) is 4.79 Å². The predicted octanol–water partition coefficient (Wildman–Crippen LogP) is 0.680. The third-order valence-corrected chi connectivity index (χ3v) is 2.55. The van der Waals surface area contributed by atoms with Crippen LogP contribution < -0.4 is 5.32 Å². The van der Waals surface area contributed by atoms with Gasteiger partial charge in [-0.05, 0) is 18.2 Å². The maximum Gasteiger partial charge on any atom is 0.239 e. The predicted molar refractivity (Wildman–Crippen MR) is 59.5 cm³/mol. The molecule has 0 aromatic heterocycles. The lowest BCUT2D eigenvalue weighted by Gasteiger charge is -2.05. The highest BCUT2D eigenvalue weighted by atomic mass is 32.2. The minimum atomic E-state index is -3.46. The highest BCUT2D eigenvalue weighted by Crippen LogP contribution is 2.15. The van der Waals surface area contributed by atoms with Crippen molar-refractivity contribution >= 4 is 21.4 Å². The topological polar surface area (TPSA) is 87.0 Å². The van der Waals surface area contributed by atoms with E-state index in [9.17, 15) is 17.6 Å². The molecule has 0 atom stereocenters. The number of rotatable bonds is 3. The lowest BCUT2D eigenvalue weighted by atomic mass is 10.2. The lowest BCUT2D eigenvalue weighted by molar-refractivity contribution is -0.113. The van der Waals surface area contributed by atoms with Gasteiger partial charge in [0.2, 0.25) is 5.91 Å². The van der Waals surface area contributed by atoms with Gasteiger partial charge >= 0.3 is 0 Å². The molecule has 1 N–H and O–H groups in total. The molecular weight excluding hydrogens is 247 g/mol. The van der Waals surface area contributed by atoms with Crippen molar-refractivity contribution in [2.45, 2.75) is 0 Å². The van der Waals surface area contributed by atoms with Crippen LogP contribution in [0, 0.1) is 17.1 Å². The van der Waals surface area contributed by atoms with E-state index in [1.807, 2.05) is 0 Å². The zero-order chi connectivity index (χ0) is 13.1. The molecule has 0 aliphatic heterocycles. The number of nitrogens with one attached hydrogen (secondary N) is 1. The maximum absolute atomic E-state index is 13.3. The largest absolute Gasteiger partial charge is 0.323 e. The van der Waals surface area contributed by atoms with Crippen LogP contribution in [0.3, 0.4) is 0 Å². The Bertz CT molecular complexity index is 590. The number of amides is 1. The van der Waals surface area contributed by atoms with Gasteiger partial charge in [-0.1, -0.05) is 0 Å². The average Bonchev–Trinajstić information content (AvgIpc) is 2.18. The van der Waals surface area contributed by atoms with Crippen molar-refractivity contribution in [3.8, 4) is 6.07 Å². The summed E-state index contributed by atoms with van der Waals surface area (Å²) in [6.45, 7) is 0. The van der Waals surface area contributed by atoms with E-state index in [2.05, 4.69) is 5.32 Å². The van der Waals surface area contributed by atoms with E-state index in [0.717, 1.165) is 12.3 Å². The number of anilines is 1. The Morgan fingerprint density at radius 2 is 2.18 bits per heavy atom. The molecule has 1 aromatic carbocycles. The van der Waals surface area contributed by atoms with E-state index in [-0.39, 0.29) is 11.3 Å². The first-order chi connectivity index (χ1) is 7.81. The standard InChI is InChI=1S/C10H9FN2O3S/c1-17(15,16)6-10(14)13-9-3-2-7(5-12)4-8(9)11/h2-4H,6H2,1H3,(H,13,14). The fraction of sp³-hybridized carbons (Fsp3) is 0.200. The number of benzene rings is 1. The summed E-state index contributed by atoms with van der Waals surface area (Å²) in [7, 11) is -3.46. The molecule has 1 amide bonds. The summed E-state index contributed by atoms with van der Waals surface area (Å²) >= 11 is 0. The molecule has 90 valence electrons. The average molecular weight is 256 g/mol. The van der Waals surface area contributed by atoms with Gasteiger partial charge in [0, 0.05) is 6.26 Å². The zero-order valence-corrected chi connectivity index (χ0v) is 9.71. The van der Waals surface area contributed by atoms with Gasteiger partial charge in [-0.15, -0.1) is 0 Å². The summed E-state index contributed by atoms with van der Waals surface area (Å²) in [6, 6.07) is 5.21. The van der Waals surface area contributed by atoms with Crippen LogP contribution in [-0.2, 0) is 14.6 Å². The Balaban J connectivity index is 2.83. The zero-order valence-electron chi connectivity index (χ0n) is 8.90. The van der Waals surface area contributed by atoms with Crippen molar-refractivity contribution < 1.29 is 17.6 Å². The Hall–Kier alpha value is -1.94. The van der Waals surface area contributed by atoms with Crippen molar-refractivity contribution in [1.82, 2.24) is 0 Å². The normalized spacial score (nSPS) is 10.6. The lowest BCUT2D eigenvalue weighted by Crippen LogP contribution is -2.22. The second-order valence-electron chi connectivity index (χ2n) is 3.42. The molecule has 5 nitrogen and oxygen atoms in total. The van der Waals surface area contributed by atoms with Crippen LogP contribution in [0.25, 0.3) is 0 Å². The molecule has 0 bridgehead atoms. The molecule has 0 aliphatic rings. The summed E-state index contributed by atoms with van der Waals surface area (Å²) in [5, 5.41) is 10.6. The molecule has 0 unspecified atom stereocenters. The van der Waals surface area contributed by atoms with Crippen molar-refractivity contribution in [1.29, 1.82) is 5.26 Å². The number of carbonyl (C=O) groups is 1. The number of hydrogen-bond donors (Lipinski definition) is 1. The SMILES string of the molecule is CS(=O)(=O)CC(=O)Nc1ccc(C#N)cc1F. The van der Waals surface area contributed by atoms with Crippen LogP contribution in [0.5, 0.6) is 0 Å². The molecule has 17 heavy (non-hydrogen) atoms. The van der Waals surface area contributed by atoms with E-state index >= 15 is 0 Å². The molecule has 0 spiro atoms. The minimum absolute atomic E-state index is 0.114. The van der Waals surface area contributed by atoms with Gasteiger partial charge in [0.15, 0.2) is 9.84 Å². The third-order valence-electron chi connectivity index (χ3n) is 1.77. The second kappa shape index (κ2) is 4.93. The van der Waals surface area contributed by atoms with Crippen LogP contribution in [0.1, 0.15) is 5.56 Å². The number of nitrogens with zero attached hydrogens (tertiary/aromatic N) is 1. The summed E-state index contributed by atoms with van der Waals surface area (Å²) in [4.78, 5) is 11.2. The first-order valence-corrected chi connectivity index (χ1v) is 6.55. The molecule has 0 radical (unpaired) electrons. The Morgan fingerprint density at radius 3 is 2.65 bits per heavy atom. The van der Waals surface area contributed by atoms with Crippen LogP contribution in [0.15, 0.2) is 18.2 Å². The molecule has 0 fully saturated rings. The van der Waals surface area contributed by atoms with Crippen LogP contribution in [-0.4, -0.2) is 26.3 Å². The fourth-order valence-electron chi connectivity index (χ4n) is 1.11. The molecule has 7 heteroatoms. The van der Waals surface area contributed by atoms with E-state index in [1.54, 1.807) is 6.07 Å². The van der Waals surface area contributed by atoms with Gasteiger partial charge in [-0.2, -0.15) is 5.26 Å². The Morgan fingerprint density at radius 1 is 1.53 bits per heavy atom. The number of halogens is 1. The number of sulfone groups is 1. The smallest absolute Gasteiger partial charge is 0.239 e. The molecule has 0 aliphatic carbocycles. The molecule has 0 heterocycles. The molecule has 0 saturated carbocycles. The second-order valence-corrected chi connectivity index (χ2v) is 5.56. The molecule has 1 rings (SSSR count). The van der Waals surface area contributed by atoms with Gasteiger partial charge < -0.3 is 5.32 Å². The summed E-state index contributed by atoms with van der Waals surface area (Å²) < 4.78 is 35.0. The first kappa shape index (κ1) is 13.1. The maximum atomic E-state index is 13.3. The van der Waals surface area contributed by atoms with Crippen molar-refractivity contribution in [2.75, 3.05) is 17.3 Å². The Kier molecular flexibility index (Phi) is 3.81. The van der Waals surface area contributed by atoms with Crippen molar-refractivity contribution in [3.63, 3.8) is 0 Å². The number of hydrogen-bond acceptors (Lipinski definition) is 4. The summed E-state index contributed by atoms with van der Waals surface area (Å²) in [5.74, 6) is -2.33. The number of nitriles is 1. The minimum Gasteiger partial charge on any atom is -0.323 e. The monoisotopic (exact) mass is 256 g/mol. The van der Waals surface area contributed by atoms with E-state index in [0.29, 0.717) is 0 Å². The highest BCUT2D eigenvalue weighted by Gasteiger charge is 2.13. The van der Waals surface area contributed by atoms with Gasteiger partial charge in [0.05, 0.1) is 17.3 Å². The number of carbonyl (C=O) groups excluding carboxylic acids is 1. The van der Waals surface area contributed by atoms with Crippen molar-refractivity contribution in [2.24, 2.45) is 0 Å². The molecule has 0 saturated heterocycles. The quantitative estimate of drug-likeness (QED) is 0.861. The van der Waals surface area contributed by atoms with Crippen LogP contribution >= 0.6 is 0 Å². The molecular formula is C10H9FN2O3S. The third kappa shape index (κ3) is 4.20. The van der Waals surface area contributed by atoms with E-state index < -0.39 is 27.3 Å². The van der Waals surface area contributed by atoms with E-state index in [1.165, 1.54) is 12.1 Å². The van der Waals surface area contributed by atoms with Crippen LogP contribution in [0.4, 0.5) is 10.1 Å².